The average molecular weight is 429 g/mol. The van der Waals surface area contributed by atoms with Crippen molar-refractivity contribution in [3.8, 4) is 0 Å². The molecule has 1 aromatic carbocycles. The van der Waals surface area contributed by atoms with Crippen molar-refractivity contribution in [1.82, 2.24) is 5.32 Å². The van der Waals surface area contributed by atoms with E-state index in [1.807, 2.05) is 30.7 Å². The Balaban J connectivity index is 1.79. The number of nitrogens with one attached hydrogen (secondary N) is 2. The minimum Gasteiger partial charge on any atom is -0.362 e. The van der Waals surface area contributed by atoms with Crippen molar-refractivity contribution in [2.45, 2.75) is 39.5 Å². The van der Waals surface area contributed by atoms with Gasteiger partial charge in [0.15, 0.2) is 5.78 Å². The molecule has 0 fully saturated rings. The molecule has 4 nitrogen and oxygen atoms in total. The number of hydrogen-bond acceptors (Lipinski definition) is 4. The second-order valence-corrected chi connectivity index (χ2v) is 9.32. The number of dihydropyridines is 1. The van der Waals surface area contributed by atoms with Gasteiger partial charge in [0.05, 0.1) is 0 Å². The number of hydrogen-bond donors (Lipinski definition) is 2. The highest BCUT2D eigenvalue weighted by molar-refractivity contribution is 7.08. The molecule has 1 unspecified atom stereocenters. The average Bonchev–Trinajstić information content (AvgIpc) is 3.17. The summed E-state index contributed by atoms with van der Waals surface area (Å²) >= 11 is 1.47. The van der Waals surface area contributed by atoms with Crippen LogP contribution in [0.2, 0.25) is 0 Å². The SMILES string of the molecule is CC1=C(C(=O)Nc2c(F)cccc2F)C(c2ccsc2)C2=C(CC(C)(C)CC2=O)N1. The van der Waals surface area contributed by atoms with Crippen molar-refractivity contribution in [1.29, 1.82) is 0 Å². The maximum absolute atomic E-state index is 14.1. The molecule has 1 amide bonds. The van der Waals surface area contributed by atoms with Crippen molar-refractivity contribution >= 4 is 28.7 Å². The second kappa shape index (κ2) is 7.47. The van der Waals surface area contributed by atoms with E-state index in [1.165, 1.54) is 17.4 Å². The minimum atomic E-state index is -0.854. The number of ketones is 1. The number of amides is 1. The van der Waals surface area contributed by atoms with Crippen molar-refractivity contribution in [2.75, 3.05) is 5.32 Å². The lowest BCUT2D eigenvalue weighted by molar-refractivity contribution is -0.118. The monoisotopic (exact) mass is 428 g/mol. The maximum atomic E-state index is 14.1. The van der Waals surface area contributed by atoms with Gasteiger partial charge >= 0.3 is 0 Å². The van der Waals surface area contributed by atoms with Crippen LogP contribution in [0, 0.1) is 17.0 Å². The summed E-state index contributed by atoms with van der Waals surface area (Å²) < 4.78 is 28.2. The Hall–Kier alpha value is -2.80. The molecular weight excluding hydrogens is 406 g/mol. The number of allylic oxidation sites excluding steroid dienone is 3. The molecule has 0 bridgehead atoms. The molecule has 2 heterocycles. The van der Waals surface area contributed by atoms with Gasteiger partial charge in [0.1, 0.15) is 17.3 Å². The Bertz CT molecular complexity index is 1080. The molecule has 2 aliphatic rings. The van der Waals surface area contributed by atoms with Crippen LogP contribution in [0.3, 0.4) is 0 Å². The molecule has 0 spiro atoms. The van der Waals surface area contributed by atoms with E-state index in [2.05, 4.69) is 10.6 Å². The fraction of sp³-hybridized carbons (Fsp3) is 0.304. The molecule has 0 saturated carbocycles. The highest BCUT2D eigenvalue weighted by Crippen LogP contribution is 2.47. The lowest BCUT2D eigenvalue weighted by Gasteiger charge is -2.39. The molecule has 1 aliphatic heterocycles. The van der Waals surface area contributed by atoms with Gasteiger partial charge < -0.3 is 10.6 Å². The zero-order valence-electron chi connectivity index (χ0n) is 16.9. The van der Waals surface area contributed by atoms with Crippen LogP contribution in [0.4, 0.5) is 14.5 Å². The number of carbonyl (C=O) groups is 2. The van der Waals surface area contributed by atoms with Crippen molar-refractivity contribution in [2.24, 2.45) is 5.41 Å². The summed E-state index contributed by atoms with van der Waals surface area (Å²) in [5.41, 5.74) is 2.39. The highest BCUT2D eigenvalue weighted by Gasteiger charge is 2.42. The van der Waals surface area contributed by atoms with Crippen LogP contribution in [0.25, 0.3) is 0 Å². The van der Waals surface area contributed by atoms with Crippen molar-refractivity contribution < 1.29 is 18.4 Å². The van der Waals surface area contributed by atoms with E-state index < -0.39 is 29.1 Å². The van der Waals surface area contributed by atoms with Crippen LogP contribution in [0.15, 0.2) is 57.6 Å². The molecule has 0 saturated heterocycles. The fourth-order valence-electron chi connectivity index (χ4n) is 4.31. The summed E-state index contributed by atoms with van der Waals surface area (Å²) in [5, 5.41) is 9.40. The number of para-hydroxylation sites is 1. The molecule has 1 aliphatic carbocycles. The number of anilines is 1. The van der Waals surface area contributed by atoms with E-state index >= 15 is 0 Å². The lowest BCUT2D eigenvalue weighted by atomic mass is 9.69. The first-order valence-electron chi connectivity index (χ1n) is 9.69. The number of rotatable bonds is 3. The van der Waals surface area contributed by atoms with E-state index in [1.54, 1.807) is 6.92 Å². The number of halogens is 2. The Kier molecular flexibility index (Phi) is 5.10. The van der Waals surface area contributed by atoms with Crippen LogP contribution >= 0.6 is 11.3 Å². The van der Waals surface area contributed by atoms with Gasteiger partial charge in [-0.1, -0.05) is 19.9 Å². The summed E-state index contributed by atoms with van der Waals surface area (Å²) in [7, 11) is 0. The Morgan fingerprint density at radius 1 is 1.20 bits per heavy atom. The first-order valence-corrected chi connectivity index (χ1v) is 10.6. The van der Waals surface area contributed by atoms with Gasteiger partial charge in [-0.3, -0.25) is 9.59 Å². The predicted molar refractivity (Wildman–Crippen MR) is 113 cm³/mol. The van der Waals surface area contributed by atoms with Gasteiger partial charge in [-0.25, -0.2) is 8.78 Å². The number of carbonyl (C=O) groups excluding carboxylic acids is 2. The third kappa shape index (κ3) is 3.58. The van der Waals surface area contributed by atoms with Crippen LogP contribution < -0.4 is 10.6 Å². The first-order chi connectivity index (χ1) is 14.2. The zero-order valence-corrected chi connectivity index (χ0v) is 17.8. The fourth-order valence-corrected chi connectivity index (χ4v) is 4.99. The Labute approximate surface area is 177 Å². The second-order valence-electron chi connectivity index (χ2n) is 8.54. The van der Waals surface area contributed by atoms with Gasteiger partial charge in [0.2, 0.25) is 0 Å². The topological polar surface area (TPSA) is 58.2 Å². The van der Waals surface area contributed by atoms with Crippen molar-refractivity contribution in [3.63, 3.8) is 0 Å². The van der Waals surface area contributed by atoms with Gasteiger partial charge in [0, 0.05) is 34.9 Å². The third-order valence-corrected chi connectivity index (χ3v) is 6.26. The molecular formula is C23H22F2N2O2S. The third-order valence-electron chi connectivity index (χ3n) is 5.56. The molecule has 2 N–H and O–H groups in total. The predicted octanol–water partition coefficient (Wildman–Crippen LogP) is 5.27. The summed E-state index contributed by atoms with van der Waals surface area (Å²) in [6.45, 7) is 5.83. The van der Waals surface area contributed by atoms with E-state index in [-0.39, 0.29) is 11.2 Å². The van der Waals surface area contributed by atoms with Gasteiger partial charge in [0.25, 0.3) is 5.91 Å². The molecule has 156 valence electrons. The Morgan fingerprint density at radius 2 is 1.90 bits per heavy atom. The zero-order chi connectivity index (χ0) is 21.6. The van der Waals surface area contributed by atoms with Crippen LogP contribution in [0.1, 0.15) is 45.1 Å². The van der Waals surface area contributed by atoms with Crippen LogP contribution in [-0.2, 0) is 9.59 Å². The van der Waals surface area contributed by atoms with Gasteiger partial charge in [-0.2, -0.15) is 11.3 Å². The highest BCUT2D eigenvalue weighted by atomic mass is 32.1. The molecule has 0 radical (unpaired) electrons. The normalized spacial score (nSPS) is 20.7. The van der Waals surface area contributed by atoms with Crippen molar-refractivity contribution in [3.05, 3.63) is 74.8 Å². The van der Waals surface area contributed by atoms with Crippen LogP contribution in [-0.4, -0.2) is 11.7 Å². The quantitative estimate of drug-likeness (QED) is 0.700. The van der Waals surface area contributed by atoms with Gasteiger partial charge in [-0.05, 0) is 53.3 Å². The molecule has 4 rings (SSSR count). The molecule has 1 atom stereocenters. The number of Topliss-reactive ketones (excluding diaryl/α,β-unsaturated/α-hetero) is 1. The number of thiophene rings is 1. The van der Waals surface area contributed by atoms with E-state index in [0.29, 0.717) is 29.7 Å². The summed E-state index contributed by atoms with van der Waals surface area (Å²) in [5.74, 6) is -2.93. The van der Waals surface area contributed by atoms with E-state index in [4.69, 9.17) is 0 Å². The smallest absolute Gasteiger partial charge is 0.254 e. The summed E-state index contributed by atoms with van der Waals surface area (Å²) in [4.78, 5) is 26.3. The van der Waals surface area contributed by atoms with E-state index in [0.717, 1.165) is 23.4 Å². The largest absolute Gasteiger partial charge is 0.362 e. The molecule has 1 aromatic heterocycles. The summed E-state index contributed by atoms with van der Waals surface area (Å²) in [6.07, 6.45) is 1.06. The minimum absolute atomic E-state index is 0.0141. The van der Waals surface area contributed by atoms with Gasteiger partial charge in [-0.15, -0.1) is 0 Å². The van der Waals surface area contributed by atoms with Crippen LogP contribution in [0.5, 0.6) is 0 Å². The maximum Gasteiger partial charge on any atom is 0.254 e. The molecule has 2 aromatic rings. The van der Waals surface area contributed by atoms with E-state index in [9.17, 15) is 18.4 Å². The summed E-state index contributed by atoms with van der Waals surface area (Å²) in [6, 6.07) is 5.29. The standard InChI is InChI=1S/C23H22F2N2O2S/c1-12-18(22(29)27-21-14(24)5-4-6-15(21)25)19(13-7-8-30-11-13)20-16(26-12)9-23(2,3)10-17(20)28/h4-8,11,19,26H,9-10H2,1-3H3,(H,27,29). The molecule has 30 heavy (non-hydrogen) atoms. The molecule has 7 heteroatoms. The number of benzene rings is 1. The lowest BCUT2D eigenvalue weighted by Crippen LogP contribution is -2.39. The first kappa shape index (κ1) is 20.5. The Morgan fingerprint density at radius 3 is 2.53 bits per heavy atom.